The summed E-state index contributed by atoms with van der Waals surface area (Å²) in [6.45, 7) is 2.96. The molecule has 0 aliphatic heterocycles. The number of thiocarbonyl (C=S) groups is 1. The third-order valence-electron chi connectivity index (χ3n) is 2.85. The first-order valence-corrected chi connectivity index (χ1v) is 6.07. The summed E-state index contributed by atoms with van der Waals surface area (Å²) >= 11 is 4.85. The standard InChI is InChI=1S/C14H13N3S/c1-2-17-9-11(7-10(8-15)14(16)18)12-5-3-4-6-13(12)17/h3-7,9H,2H2,1H3,(H2,16,18)/b10-7-. The molecule has 0 bridgehead atoms. The molecule has 1 aromatic carbocycles. The first kappa shape index (κ1) is 12.3. The quantitative estimate of drug-likeness (QED) is 0.521. The summed E-state index contributed by atoms with van der Waals surface area (Å²) in [5.41, 5.74) is 7.96. The van der Waals surface area contributed by atoms with E-state index >= 15 is 0 Å². The Balaban J connectivity index is 2.66. The van der Waals surface area contributed by atoms with Gasteiger partial charge < -0.3 is 10.3 Å². The number of aromatic nitrogens is 1. The molecular formula is C14H13N3S. The topological polar surface area (TPSA) is 54.7 Å². The van der Waals surface area contributed by atoms with Gasteiger partial charge in [-0.15, -0.1) is 0 Å². The fraction of sp³-hybridized carbons (Fsp3) is 0.143. The molecule has 0 radical (unpaired) electrons. The van der Waals surface area contributed by atoms with Gasteiger partial charge in [0, 0.05) is 29.2 Å². The molecule has 0 atom stereocenters. The Bertz CT molecular complexity index is 674. The Hall–Kier alpha value is -2.12. The Morgan fingerprint density at radius 1 is 1.50 bits per heavy atom. The SMILES string of the molecule is CCn1cc(/C=C(/C#N)C(N)=S)c2ccccc21. The van der Waals surface area contributed by atoms with Crippen LogP contribution in [-0.4, -0.2) is 9.56 Å². The van der Waals surface area contributed by atoms with Crippen molar-refractivity contribution in [2.24, 2.45) is 5.73 Å². The maximum atomic E-state index is 9.00. The van der Waals surface area contributed by atoms with Crippen molar-refractivity contribution in [3.8, 4) is 6.07 Å². The average molecular weight is 255 g/mol. The highest BCUT2D eigenvalue weighted by molar-refractivity contribution is 7.80. The lowest BCUT2D eigenvalue weighted by Crippen LogP contribution is -2.09. The molecule has 0 unspecified atom stereocenters. The van der Waals surface area contributed by atoms with E-state index in [-0.39, 0.29) is 4.99 Å². The third-order valence-corrected chi connectivity index (χ3v) is 3.07. The smallest absolute Gasteiger partial charge is 0.114 e. The average Bonchev–Trinajstić information content (AvgIpc) is 2.74. The minimum absolute atomic E-state index is 0.130. The molecule has 0 saturated carbocycles. The van der Waals surface area contributed by atoms with Gasteiger partial charge in [-0.25, -0.2) is 0 Å². The molecule has 0 aliphatic carbocycles. The zero-order valence-corrected chi connectivity index (χ0v) is 10.9. The summed E-state index contributed by atoms with van der Waals surface area (Å²) in [5.74, 6) is 0. The predicted octanol–water partition coefficient (Wildman–Crippen LogP) is 2.85. The van der Waals surface area contributed by atoms with Crippen LogP contribution >= 0.6 is 12.2 Å². The first-order valence-electron chi connectivity index (χ1n) is 5.66. The molecule has 0 amide bonds. The van der Waals surface area contributed by atoms with Crippen molar-refractivity contribution in [3.05, 3.63) is 41.6 Å². The molecule has 4 heteroatoms. The normalized spacial score (nSPS) is 11.4. The lowest BCUT2D eigenvalue weighted by Gasteiger charge is -1.97. The van der Waals surface area contributed by atoms with Gasteiger partial charge in [0.1, 0.15) is 11.1 Å². The van der Waals surface area contributed by atoms with Gasteiger partial charge >= 0.3 is 0 Å². The van der Waals surface area contributed by atoms with E-state index in [9.17, 15) is 0 Å². The third kappa shape index (κ3) is 2.13. The Morgan fingerprint density at radius 2 is 2.22 bits per heavy atom. The van der Waals surface area contributed by atoms with Crippen molar-refractivity contribution >= 4 is 34.2 Å². The second-order valence-electron chi connectivity index (χ2n) is 3.92. The second kappa shape index (κ2) is 5.03. The van der Waals surface area contributed by atoms with E-state index in [0.29, 0.717) is 5.57 Å². The van der Waals surface area contributed by atoms with Crippen LogP contribution < -0.4 is 5.73 Å². The number of benzene rings is 1. The predicted molar refractivity (Wildman–Crippen MR) is 78.0 cm³/mol. The summed E-state index contributed by atoms with van der Waals surface area (Å²) in [6.07, 6.45) is 3.76. The highest BCUT2D eigenvalue weighted by Crippen LogP contribution is 2.23. The summed E-state index contributed by atoms with van der Waals surface area (Å²) in [4.78, 5) is 0.130. The monoisotopic (exact) mass is 255 g/mol. The van der Waals surface area contributed by atoms with Gasteiger partial charge in [0.2, 0.25) is 0 Å². The highest BCUT2D eigenvalue weighted by atomic mass is 32.1. The van der Waals surface area contributed by atoms with Crippen LogP contribution in [0.4, 0.5) is 0 Å². The van der Waals surface area contributed by atoms with Gasteiger partial charge in [-0.05, 0) is 19.1 Å². The molecular weight excluding hydrogens is 242 g/mol. The molecule has 0 aliphatic rings. The van der Waals surface area contributed by atoms with E-state index in [1.54, 1.807) is 6.08 Å². The van der Waals surface area contributed by atoms with E-state index in [4.69, 9.17) is 23.2 Å². The molecule has 2 rings (SSSR count). The molecule has 0 saturated heterocycles. The van der Waals surface area contributed by atoms with Crippen molar-refractivity contribution in [1.29, 1.82) is 5.26 Å². The molecule has 18 heavy (non-hydrogen) atoms. The van der Waals surface area contributed by atoms with Crippen LogP contribution in [0.5, 0.6) is 0 Å². The van der Waals surface area contributed by atoms with Crippen molar-refractivity contribution in [1.82, 2.24) is 4.57 Å². The minimum atomic E-state index is 0.130. The van der Waals surface area contributed by atoms with Crippen LogP contribution in [0.1, 0.15) is 12.5 Å². The Labute approximate surface area is 111 Å². The van der Waals surface area contributed by atoms with Crippen LogP contribution in [0.2, 0.25) is 0 Å². The Morgan fingerprint density at radius 3 is 2.83 bits per heavy atom. The zero-order chi connectivity index (χ0) is 13.1. The number of rotatable bonds is 3. The molecule has 2 N–H and O–H groups in total. The second-order valence-corrected chi connectivity index (χ2v) is 4.36. The number of nitrogens with zero attached hydrogens (tertiary/aromatic N) is 2. The van der Waals surface area contributed by atoms with E-state index in [1.807, 2.05) is 30.5 Å². The van der Waals surface area contributed by atoms with E-state index in [1.165, 1.54) is 0 Å². The highest BCUT2D eigenvalue weighted by Gasteiger charge is 2.07. The minimum Gasteiger partial charge on any atom is -0.389 e. The van der Waals surface area contributed by atoms with Gasteiger partial charge in [-0.2, -0.15) is 5.26 Å². The van der Waals surface area contributed by atoms with Crippen molar-refractivity contribution in [3.63, 3.8) is 0 Å². The lowest BCUT2D eigenvalue weighted by molar-refractivity contribution is 0.797. The Kier molecular flexibility index (Phi) is 3.45. The van der Waals surface area contributed by atoms with Gasteiger partial charge in [-0.1, -0.05) is 30.4 Å². The summed E-state index contributed by atoms with van der Waals surface area (Å²) in [6, 6.07) is 10.1. The number of hydrogen-bond donors (Lipinski definition) is 1. The van der Waals surface area contributed by atoms with Crippen molar-refractivity contribution < 1.29 is 0 Å². The fourth-order valence-corrected chi connectivity index (χ4v) is 2.07. The molecule has 1 heterocycles. The van der Waals surface area contributed by atoms with E-state index in [2.05, 4.69) is 17.6 Å². The van der Waals surface area contributed by atoms with Crippen LogP contribution in [-0.2, 0) is 6.54 Å². The number of nitrogens with two attached hydrogens (primary N) is 1. The molecule has 3 nitrogen and oxygen atoms in total. The molecule has 1 aromatic heterocycles. The summed E-state index contributed by atoms with van der Waals surface area (Å²) in [7, 11) is 0. The first-order chi connectivity index (χ1) is 8.67. The fourth-order valence-electron chi connectivity index (χ4n) is 1.97. The van der Waals surface area contributed by atoms with Gasteiger partial charge in [-0.3, -0.25) is 0 Å². The van der Waals surface area contributed by atoms with Crippen molar-refractivity contribution in [2.45, 2.75) is 13.5 Å². The molecule has 0 spiro atoms. The number of para-hydroxylation sites is 1. The van der Waals surface area contributed by atoms with E-state index < -0.39 is 0 Å². The summed E-state index contributed by atoms with van der Waals surface area (Å²) in [5, 5.41) is 10.1. The van der Waals surface area contributed by atoms with Crippen molar-refractivity contribution in [2.75, 3.05) is 0 Å². The number of fused-ring (bicyclic) bond motifs is 1. The van der Waals surface area contributed by atoms with Crippen LogP contribution in [0, 0.1) is 11.3 Å². The van der Waals surface area contributed by atoms with Gasteiger partial charge in [0.25, 0.3) is 0 Å². The summed E-state index contributed by atoms with van der Waals surface area (Å²) < 4.78 is 2.13. The maximum Gasteiger partial charge on any atom is 0.114 e. The number of nitriles is 1. The molecule has 90 valence electrons. The number of hydrogen-bond acceptors (Lipinski definition) is 2. The van der Waals surface area contributed by atoms with E-state index in [0.717, 1.165) is 23.0 Å². The largest absolute Gasteiger partial charge is 0.389 e. The van der Waals surface area contributed by atoms with Gasteiger partial charge in [0.05, 0.1) is 5.57 Å². The van der Waals surface area contributed by atoms with Crippen LogP contribution in [0.3, 0.4) is 0 Å². The molecule has 0 fully saturated rings. The van der Waals surface area contributed by atoms with Crippen LogP contribution in [0.15, 0.2) is 36.0 Å². The maximum absolute atomic E-state index is 9.00. The van der Waals surface area contributed by atoms with Gasteiger partial charge in [0.15, 0.2) is 0 Å². The molecule has 2 aromatic rings. The number of aryl methyl sites for hydroxylation is 1. The lowest BCUT2D eigenvalue weighted by atomic mass is 10.1. The zero-order valence-electron chi connectivity index (χ0n) is 10.1. The van der Waals surface area contributed by atoms with Crippen LogP contribution in [0.25, 0.3) is 17.0 Å².